The molecule has 4 rings (SSSR count). The minimum atomic E-state index is -0.292. The molecule has 2 aromatic rings. The summed E-state index contributed by atoms with van der Waals surface area (Å²) in [6, 6.07) is 4.76. The topological polar surface area (TPSA) is 38.1 Å². The van der Waals surface area contributed by atoms with Gasteiger partial charge in [-0.1, -0.05) is 0 Å². The lowest BCUT2D eigenvalue weighted by Crippen LogP contribution is -2.37. The predicted octanol–water partition coefficient (Wildman–Crippen LogP) is 3.51. The van der Waals surface area contributed by atoms with E-state index >= 15 is 0 Å². The quantitative estimate of drug-likeness (QED) is 0.794. The first-order chi connectivity index (χ1) is 11.6. The lowest BCUT2D eigenvalue weighted by atomic mass is 9.86. The van der Waals surface area contributed by atoms with Gasteiger partial charge in [0.15, 0.2) is 0 Å². The highest BCUT2D eigenvalue weighted by Crippen LogP contribution is 2.38. The van der Waals surface area contributed by atoms with Crippen LogP contribution in [0.4, 0.5) is 10.1 Å². The van der Waals surface area contributed by atoms with E-state index in [4.69, 9.17) is 0 Å². The Labute approximate surface area is 145 Å². The van der Waals surface area contributed by atoms with Gasteiger partial charge in [-0.2, -0.15) is 5.10 Å². The molecule has 0 N–H and O–H groups in total. The van der Waals surface area contributed by atoms with Crippen LogP contribution in [-0.4, -0.2) is 28.0 Å². The molecule has 1 atom stereocenters. The fourth-order valence-corrected chi connectivity index (χ4v) is 4.66. The molecule has 1 aliphatic heterocycles. The van der Waals surface area contributed by atoms with Gasteiger partial charge in [-0.05, 0) is 49.6 Å². The van der Waals surface area contributed by atoms with Crippen LogP contribution in [0.2, 0.25) is 0 Å². The average molecular weight is 345 g/mol. The van der Waals surface area contributed by atoms with Gasteiger partial charge in [-0.15, -0.1) is 11.8 Å². The summed E-state index contributed by atoms with van der Waals surface area (Å²) < 4.78 is 15.6. The zero-order chi connectivity index (χ0) is 16.7. The van der Waals surface area contributed by atoms with E-state index in [0.717, 1.165) is 53.3 Å². The summed E-state index contributed by atoms with van der Waals surface area (Å²) in [7, 11) is 1.90. The fourth-order valence-electron chi connectivity index (χ4n) is 3.69. The Morgan fingerprint density at radius 2 is 2.25 bits per heavy atom. The maximum absolute atomic E-state index is 13.8. The Hall–Kier alpha value is -1.82. The Morgan fingerprint density at radius 3 is 3.12 bits per heavy atom. The second kappa shape index (κ2) is 6.24. The van der Waals surface area contributed by atoms with Crippen LogP contribution in [0.15, 0.2) is 29.3 Å². The van der Waals surface area contributed by atoms with Crippen LogP contribution >= 0.6 is 11.8 Å². The van der Waals surface area contributed by atoms with Gasteiger partial charge in [-0.25, -0.2) is 4.39 Å². The number of aromatic nitrogens is 2. The van der Waals surface area contributed by atoms with Crippen molar-refractivity contribution in [2.24, 2.45) is 7.05 Å². The number of fused-ring (bicyclic) bond motifs is 2. The molecule has 2 aliphatic rings. The van der Waals surface area contributed by atoms with E-state index in [1.54, 1.807) is 27.4 Å². The van der Waals surface area contributed by atoms with E-state index < -0.39 is 0 Å². The van der Waals surface area contributed by atoms with Gasteiger partial charge in [0.2, 0.25) is 5.91 Å². The number of hydrogen-bond acceptors (Lipinski definition) is 3. The molecule has 0 saturated heterocycles. The highest BCUT2D eigenvalue weighted by atomic mass is 32.2. The molecule has 24 heavy (non-hydrogen) atoms. The minimum absolute atomic E-state index is 0.0818. The number of aryl methyl sites for hydroxylation is 2. The van der Waals surface area contributed by atoms with Gasteiger partial charge in [-0.3, -0.25) is 9.48 Å². The van der Waals surface area contributed by atoms with Crippen molar-refractivity contribution in [3.63, 3.8) is 0 Å². The molecule has 126 valence electrons. The average Bonchev–Trinajstić information content (AvgIpc) is 2.83. The maximum Gasteiger partial charge on any atom is 0.234 e. The third-order valence-electron chi connectivity index (χ3n) is 4.78. The monoisotopic (exact) mass is 345 g/mol. The van der Waals surface area contributed by atoms with Gasteiger partial charge >= 0.3 is 0 Å². The zero-order valence-corrected chi connectivity index (χ0v) is 14.5. The number of nitrogens with zero attached hydrogens (tertiary/aromatic N) is 3. The van der Waals surface area contributed by atoms with Crippen molar-refractivity contribution >= 4 is 23.4 Å². The first-order valence-electron chi connectivity index (χ1n) is 8.39. The van der Waals surface area contributed by atoms with Gasteiger partial charge in [0.1, 0.15) is 5.82 Å². The smallest absolute Gasteiger partial charge is 0.234 e. The summed E-state index contributed by atoms with van der Waals surface area (Å²) in [5.74, 6) is 0.574. The summed E-state index contributed by atoms with van der Waals surface area (Å²) in [6.45, 7) is 0.647. The molecule has 4 nitrogen and oxygen atoms in total. The molecule has 6 heteroatoms. The minimum Gasteiger partial charge on any atom is -0.311 e. The number of amides is 1. The number of thioether (sulfide) groups is 1. The van der Waals surface area contributed by atoms with E-state index in [1.807, 2.05) is 13.2 Å². The van der Waals surface area contributed by atoms with Crippen LogP contribution in [0.1, 0.15) is 36.4 Å². The van der Waals surface area contributed by atoms with Crippen molar-refractivity contribution in [3.8, 4) is 0 Å². The van der Waals surface area contributed by atoms with Gasteiger partial charge in [0.25, 0.3) is 0 Å². The molecule has 0 spiro atoms. The largest absolute Gasteiger partial charge is 0.311 e. The third kappa shape index (κ3) is 2.73. The van der Waals surface area contributed by atoms with E-state index in [1.165, 1.54) is 12.1 Å². The number of benzene rings is 1. The van der Waals surface area contributed by atoms with E-state index in [9.17, 15) is 9.18 Å². The Bertz CT molecular complexity index is 789. The molecule has 0 bridgehead atoms. The first kappa shape index (κ1) is 15.7. The molecule has 1 aromatic carbocycles. The first-order valence-corrected chi connectivity index (χ1v) is 9.38. The van der Waals surface area contributed by atoms with Crippen LogP contribution in [0, 0.1) is 5.82 Å². The third-order valence-corrected chi connectivity index (χ3v) is 5.93. The molecular weight excluding hydrogens is 325 g/mol. The summed E-state index contributed by atoms with van der Waals surface area (Å²) >= 11 is 1.70. The molecule has 0 fully saturated rings. The molecule has 1 amide bonds. The van der Waals surface area contributed by atoms with E-state index in [2.05, 4.69) is 5.10 Å². The van der Waals surface area contributed by atoms with Crippen LogP contribution < -0.4 is 4.90 Å². The standard InChI is InChI=1S/C18H20FN3OS/c1-21-11-14-13(4-2-5-15(14)20-21)18(23)22-8-3-9-24-17-7-6-12(19)10-16(17)22/h6-7,10-11,13H,2-5,8-9H2,1H3/t13-/m1/s1. The maximum atomic E-state index is 13.8. The van der Waals surface area contributed by atoms with E-state index in [0.29, 0.717) is 6.54 Å². The van der Waals surface area contributed by atoms with Crippen molar-refractivity contribution in [2.45, 2.75) is 36.5 Å². The molecule has 0 unspecified atom stereocenters. The molecule has 2 heterocycles. The molecular formula is C18H20FN3OS. The van der Waals surface area contributed by atoms with Crippen LogP contribution in [0.3, 0.4) is 0 Å². The summed E-state index contributed by atoms with van der Waals surface area (Å²) in [4.78, 5) is 16.1. The van der Waals surface area contributed by atoms with Crippen molar-refractivity contribution in [2.75, 3.05) is 17.2 Å². The normalized spacial score (nSPS) is 20.2. The number of hydrogen-bond donors (Lipinski definition) is 0. The summed E-state index contributed by atoms with van der Waals surface area (Å²) in [5.41, 5.74) is 2.80. The number of carbonyl (C=O) groups excluding carboxylic acids is 1. The summed E-state index contributed by atoms with van der Waals surface area (Å²) in [6.07, 6.45) is 5.63. The lowest BCUT2D eigenvalue weighted by molar-refractivity contribution is -0.120. The van der Waals surface area contributed by atoms with Gasteiger partial charge in [0.05, 0.1) is 17.3 Å². The second-order valence-corrected chi connectivity index (χ2v) is 7.59. The Kier molecular flexibility index (Phi) is 4.08. The van der Waals surface area contributed by atoms with Crippen LogP contribution in [0.25, 0.3) is 0 Å². The SMILES string of the molecule is Cn1cc2c(n1)CCC[C@H]2C(=O)N1CCCSc2ccc(F)cc21. The van der Waals surface area contributed by atoms with Crippen LogP contribution in [-0.2, 0) is 18.3 Å². The van der Waals surface area contributed by atoms with Gasteiger partial charge in [0, 0.05) is 30.2 Å². The Morgan fingerprint density at radius 1 is 1.38 bits per heavy atom. The second-order valence-electron chi connectivity index (χ2n) is 6.45. The lowest BCUT2D eigenvalue weighted by Gasteiger charge is -2.29. The zero-order valence-electron chi connectivity index (χ0n) is 13.7. The van der Waals surface area contributed by atoms with Crippen molar-refractivity contribution in [1.29, 1.82) is 0 Å². The van der Waals surface area contributed by atoms with Crippen molar-refractivity contribution in [3.05, 3.63) is 41.5 Å². The Balaban J connectivity index is 1.72. The summed E-state index contributed by atoms with van der Waals surface area (Å²) in [5, 5.41) is 4.49. The highest BCUT2D eigenvalue weighted by Gasteiger charge is 2.33. The number of anilines is 1. The predicted molar refractivity (Wildman–Crippen MR) is 93.0 cm³/mol. The molecule has 0 radical (unpaired) electrons. The highest BCUT2D eigenvalue weighted by molar-refractivity contribution is 7.99. The number of rotatable bonds is 1. The van der Waals surface area contributed by atoms with Crippen molar-refractivity contribution in [1.82, 2.24) is 9.78 Å². The van der Waals surface area contributed by atoms with Gasteiger partial charge < -0.3 is 4.90 Å². The molecule has 1 aromatic heterocycles. The van der Waals surface area contributed by atoms with Crippen LogP contribution in [0.5, 0.6) is 0 Å². The molecule has 0 saturated carbocycles. The van der Waals surface area contributed by atoms with Crippen molar-refractivity contribution < 1.29 is 9.18 Å². The fraction of sp³-hybridized carbons (Fsp3) is 0.444. The number of halogens is 1. The number of carbonyl (C=O) groups is 1. The van der Waals surface area contributed by atoms with E-state index in [-0.39, 0.29) is 17.6 Å². The molecule has 1 aliphatic carbocycles.